The lowest BCUT2D eigenvalue weighted by molar-refractivity contribution is -0.146. The van der Waals surface area contributed by atoms with E-state index in [2.05, 4.69) is 25.9 Å². The molecule has 2 fully saturated rings. The highest BCUT2D eigenvalue weighted by molar-refractivity contribution is 5.92. The van der Waals surface area contributed by atoms with Crippen LogP contribution in [0.5, 0.6) is 6.01 Å². The number of nitriles is 1. The molecule has 3 aromatic carbocycles. The summed E-state index contributed by atoms with van der Waals surface area (Å²) in [5.41, 5.74) is -1.74. The first kappa shape index (κ1) is 35.6. The number of anilines is 1. The molecule has 0 aliphatic carbocycles. The first-order valence-electron chi connectivity index (χ1n) is 17.1. The highest BCUT2D eigenvalue weighted by Gasteiger charge is 2.40. The van der Waals surface area contributed by atoms with Crippen LogP contribution in [0.15, 0.2) is 71.5 Å². The maximum atomic E-state index is 15.2. The van der Waals surface area contributed by atoms with Gasteiger partial charge in [-0.25, -0.2) is 14.2 Å². The third-order valence-electron chi connectivity index (χ3n) is 9.63. The minimum absolute atomic E-state index is 0.00358. The van der Waals surface area contributed by atoms with Gasteiger partial charge in [0.25, 0.3) is 5.56 Å². The molecular weight excluding hydrogens is 696 g/mol. The first-order chi connectivity index (χ1) is 25.5. The van der Waals surface area contributed by atoms with Crippen molar-refractivity contribution in [2.24, 2.45) is 0 Å². The number of hydrogen-bond donors (Lipinski definition) is 0. The second kappa shape index (κ2) is 14.7. The Balaban J connectivity index is 1.33. The fourth-order valence-electron chi connectivity index (χ4n) is 6.93. The summed E-state index contributed by atoms with van der Waals surface area (Å²) in [7, 11) is 1.94. The maximum Gasteiger partial charge on any atom is 0.450 e. The summed E-state index contributed by atoms with van der Waals surface area (Å²) in [6.45, 7) is 1.02. The topological polar surface area (TPSA) is 130 Å². The number of carbonyl (C=O) groups is 1. The van der Waals surface area contributed by atoms with Gasteiger partial charge in [0.1, 0.15) is 24.5 Å². The number of rotatable bonds is 8. The van der Waals surface area contributed by atoms with Gasteiger partial charge in [-0.2, -0.15) is 28.4 Å². The van der Waals surface area contributed by atoms with Crippen molar-refractivity contribution in [1.29, 1.82) is 5.26 Å². The molecule has 1 amide bonds. The van der Waals surface area contributed by atoms with E-state index in [0.717, 1.165) is 31.0 Å². The summed E-state index contributed by atoms with van der Waals surface area (Å²) in [6.07, 6.45) is -4.18. The van der Waals surface area contributed by atoms with Gasteiger partial charge in [-0.05, 0) is 49.5 Å². The largest absolute Gasteiger partial charge is 0.462 e. The summed E-state index contributed by atoms with van der Waals surface area (Å²) in [4.78, 5) is 45.4. The van der Waals surface area contributed by atoms with Crippen LogP contribution in [0, 0.1) is 17.1 Å². The summed E-state index contributed by atoms with van der Waals surface area (Å²) < 4.78 is 71.9. The molecule has 0 bridgehead atoms. The lowest BCUT2D eigenvalue weighted by Gasteiger charge is -2.40. The van der Waals surface area contributed by atoms with Gasteiger partial charge in [-0.15, -0.1) is 0 Å². The Morgan fingerprint density at radius 1 is 0.962 bits per heavy atom. The number of hydrogen-bond acceptors (Lipinski definition) is 10. The van der Waals surface area contributed by atoms with E-state index in [1.165, 1.54) is 35.2 Å². The van der Waals surface area contributed by atoms with Crippen LogP contribution >= 0.6 is 0 Å². The smallest absolute Gasteiger partial charge is 0.450 e. The van der Waals surface area contributed by atoms with Crippen molar-refractivity contribution in [3.05, 3.63) is 94.3 Å². The van der Waals surface area contributed by atoms with Crippen molar-refractivity contribution < 1.29 is 31.8 Å². The molecule has 53 heavy (non-hydrogen) atoms. The molecule has 0 spiro atoms. The van der Waals surface area contributed by atoms with Crippen LogP contribution in [-0.4, -0.2) is 87.3 Å². The van der Waals surface area contributed by atoms with Crippen LogP contribution in [-0.2, 0) is 17.5 Å². The number of likely N-dealkylation sites (tertiary alicyclic amines) is 1. The summed E-state index contributed by atoms with van der Waals surface area (Å²) in [5, 5.41) is 9.76. The predicted molar refractivity (Wildman–Crippen MR) is 186 cm³/mol. The third kappa shape index (κ3) is 7.16. The number of piperazine rings is 1. The summed E-state index contributed by atoms with van der Waals surface area (Å²) >= 11 is 0. The van der Waals surface area contributed by atoms with E-state index < -0.39 is 46.5 Å². The van der Waals surface area contributed by atoms with Gasteiger partial charge in [-0.1, -0.05) is 54.6 Å². The zero-order valence-corrected chi connectivity index (χ0v) is 28.6. The van der Waals surface area contributed by atoms with Gasteiger partial charge in [0.2, 0.25) is 5.82 Å². The standard InChI is InChI=1S/C37H34F4N8O4/c1-46-17-7-12-26(46)22-52-35-44-31-30(43-34(37(39,40)41)49(33(31)50)28-14-6-11-24-10-5-13-27(38)29(24)28)32(45-35)47-18-19-48(25(20-47)15-16-42)36(51)53-21-23-8-3-2-4-9-23/h2-6,8-11,13-14,25-26H,7,12,15,17-22H2,1H3/t25-,26?/m0/s1. The number of benzene rings is 3. The van der Waals surface area contributed by atoms with Crippen LogP contribution in [0.4, 0.5) is 28.2 Å². The van der Waals surface area contributed by atoms with E-state index in [-0.39, 0.29) is 73.6 Å². The molecule has 1 unspecified atom stereocenters. The number of aromatic nitrogens is 4. The number of nitrogens with zero attached hydrogens (tertiary/aromatic N) is 8. The van der Waals surface area contributed by atoms with Crippen molar-refractivity contribution in [1.82, 2.24) is 29.3 Å². The van der Waals surface area contributed by atoms with Gasteiger partial charge in [0.15, 0.2) is 11.3 Å². The number of alkyl halides is 3. The molecule has 7 rings (SSSR count). The third-order valence-corrected chi connectivity index (χ3v) is 9.63. The number of halogens is 4. The molecule has 2 aliphatic rings. The van der Waals surface area contributed by atoms with Crippen molar-refractivity contribution in [3.63, 3.8) is 0 Å². The Bertz CT molecular complexity index is 2260. The lowest BCUT2D eigenvalue weighted by Crippen LogP contribution is -2.55. The fourth-order valence-corrected chi connectivity index (χ4v) is 6.93. The zero-order chi connectivity index (χ0) is 37.3. The zero-order valence-electron chi connectivity index (χ0n) is 28.6. The SMILES string of the molecule is CN1CCCC1COc1nc(N2CCN(C(=O)OCc3ccccc3)[C@@H](CC#N)C2)c2nc(C(F)(F)F)n(-c3cccc4cccc(F)c34)c(=O)c2n1. The molecular formula is C37H34F4N8O4. The molecule has 12 nitrogen and oxygen atoms in total. The molecule has 0 radical (unpaired) electrons. The molecule has 274 valence electrons. The number of carbonyl (C=O) groups excluding carboxylic acids is 1. The average Bonchev–Trinajstić information content (AvgIpc) is 3.57. The second-order valence-corrected chi connectivity index (χ2v) is 13.0. The second-order valence-electron chi connectivity index (χ2n) is 13.0. The first-order valence-corrected chi connectivity index (χ1v) is 17.1. The number of likely N-dealkylation sites (N-methyl/N-ethyl adjacent to an activating group) is 1. The van der Waals surface area contributed by atoms with Crippen molar-refractivity contribution in [3.8, 4) is 17.8 Å². The molecule has 2 aliphatic heterocycles. The van der Waals surface area contributed by atoms with E-state index in [1.54, 1.807) is 17.0 Å². The van der Waals surface area contributed by atoms with E-state index in [1.807, 2.05) is 25.2 Å². The Kier molecular flexibility index (Phi) is 9.84. The van der Waals surface area contributed by atoms with Gasteiger partial charge in [-0.3, -0.25) is 9.36 Å². The van der Waals surface area contributed by atoms with E-state index >= 15 is 4.39 Å². The van der Waals surface area contributed by atoms with E-state index in [9.17, 15) is 28.0 Å². The predicted octanol–water partition coefficient (Wildman–Crippen LogP) is 5.70. The Labute approximate surface area is 300 Å². The molecule has 2 atom stereocenters. The van der Waals surface area contributed by atoms with Crippen LogP contribution in [0.3, 0.4) is 0 Å². The van der Waals surface area contributed by atoms with Crippen LogP contribution < -0.4 is 15.2 Å². The maximum absolute atomic E-state index is 15.2. The fraction of sp³-hybridized carbons (Fsp3) is 0.351. The molecule has 4 heterocycles. The average molecular weight is 731 g/mol. The normalized spacial score (nSPS) is 18.0. The quantitative estimate of drug-likeness (QED) is 0.183. The van der Waals surface area contributed by atoms with E-state index in [0.29, 0.717) is 4.57 Å². The molecule has 2 aromatic heterocycles. The Morgan fingerprint density at radius 2 is 1.74 bits per heavy atom. The minimum atomic E-state index is -5.18. The van der Waals surface area contributed by atoms with Crippen LogP contribution in [0.2, 0.25) is 0 Å². The van der Waals surface area contributed by atoms with Gasteiger partial charge in [0, 0.05) is 31.1 Å². The molecule has 2 saturated heterocycles. The van der Waals surface area contributed by atoms with Crippen molar-refractivity contribution >= 4 is 33.7 Å². The van der Waals surface area contributed by atoms with Gasteiger partial charge < -0.3 is 24.2 Å². The number of amides is 1. The Hall–Kier alpha value is -5.82. The van der Waals surface area contributed by atoms with Crippen LogP contribution in [0.25, 0.3) is 27.5 Å². The number of fused-ring (bicyclic) bond motifs is 2. The highest BCUT2D eigenvalue weighted by atomic mass is 19.4. The minimum Gasteiger partial charge on any atom is -0.462 e. The molecule has 16 heteroatoms. The molecule has 0 N–H and O–H groups in total. The lowest BCUT2D eigenvalue weighted by atomic mass is 10.1. The Morgan fingerprint density at radius 3 is 2.45 bits per heavy atom. The summed E-state index contributed by atoms with van der Waals surface area (Å²) in [5.74, 6) is -2.56. The van der Waals surface area contributed by atoms with Crippen molar-refractivity contribution in [2.45, 2.75) is 44.1 Å². The molecule has 0 saturated carbocycles. The van der Waals surface area contributed by atoms with Gasteiger partial charge >= 0.3 is 18.3 Å². The summed E-state index contributed by atoms with van der Waals surface area (Å²) in [6, 6.07) is 18.3. The van der Waals surface area contributed by atoms with E-state index in [4.69, 9.17) is 9.47 Å². The van der Waals surface area contributed by atoms with Gasteiger partial charge in [0.05, 0.1) is 24.2 Å². The highest BCUT2D eigenvalue weighted by Crippen LogP contribution is 2.35. The number of ether oxygens (including phenoxy) is 2. The monoisotopic (exact) mass is 730 g/mol. The molecule has 5 aromatic rings. The van der Waals surface area contributed by atoms with Crippen molar-refractivity contribution in [2.75, 3.05) is 44.7 Å². The van der Waals surface area contributed by atoms with Crippen LogP contribution in [0.1, 0.15) is 30.7 Å².